The minimum atomic E-state index is -0.441. The number of pyridine rings is 2. The Balaban J connectivity index is 2.55. The summed E-state index contributed by atoms with van der Waals surface area (Å²) in [5.41, 5.74) is -0.881. The molecule has 0 amide bonds. The van der Waals surface area contributed by atoms with Gasteiger partial charge in [-0.1, -0.05) is 0 Å². The van der Waals surface area contributed by atoms with Crippen LogP contribution < -0.4 is 11.1 Å². The molecule has 6 nitrogen and oxygen atoms in total. The molecule has 0 atom stereocenters. The van der Waals surface area contributed by atoms with E-state index in [0.29, 0.717) is 32.3 Å². The molecule has 0 bridgehead atoms. The second-order valence-corrected chi connectivity index (χ2v) is 4.68. The minimum absolute atomic E-state index is 0.253. The molecule has 6 heteroatoms. The number of nitrogens with one attached hydrogen (secondary N) is 2. The third-order valence-corrected chi connectivity index (χ3v) is 3.62. The van der Waals surface area contributed by atoms with Crippen LogP contribution in [0.1, 0.15) is 0 Å². The van der Waals surface area contributed by atoms with Gasteiger partial charge in [-0.05, 0) is 24.3 Å². The van der Waals surface area contributed by atoms with Gasteiger partial charge in [0.25, 0.3) is 11.1 Å². The predicted octanol–water partition coefficient (Wildman–Crippen LogP) is 1.37. The van der Waals surface area contributed by atoms with E-state index in [0.717, 1.165) is 0 Å². The molecule has 0 radical (unpaired) electrons. The molecule has 2 aromatic carbocycles. The molecule has 0 aliphatic heterocycles. The Morgan fingerprint density at radius 3 is 1.40 bits per heavy atom. The molecule has 2 aromatic heterocycles. The van der Waals surface area contributed by atoms with Crippen LogP contribution in [-0.4, -0.2) is 20.2 Å². The molecule has 0 aliphatic rings. The highest BCUT2D eigenvalue weighted by molar-refractivity contribution is 6.24. The summed E-state index contributed by atoms with van der Waals surface area (Å²) >= 11 is 0. The highest BCUT2D eigenvalue weighted by Crippen LogP contribution is 2.36. The van der Waals surface area contributed by atoms with Gasteiger partial charge < -0.3 is 10.2 Å². The second-order valence-electron chi connectivity index (χ2n) is 4.68. The summed E-state index contributed by atoms with van der Waals surface area (Å²) in [5.74, 6) is -0.506. The Bertz CT molecular complexity index is 1020. The number of H-pyrrole nitrogens is 2. The molecule has 4 rings (SSSR count). The summed E-state index contributed by atoms with van der Waals surface area (Å²) in [6, 6.07) is 6.25. The standard InChI is InChI=1S/C14H8N2O4/c17-11-5-1-2-6-10-8(14(20)16-12(6)18)4-3-7(9(5)10)13(19)15-11/h1-4H,(H2,15,17,19)(H2,16,18,20). The van der Waals surface area contributed by atoms with E-state index in [-0.39, 0.29) is 11.8 Å². The van der Waals surface area contributed by atoms with Gasteiger partial charge in [-0.2, -0.15) is 0 Å². The fourth-order valence-electron chi connectivity index (χ4n) is 2.75. The van der Waals surface area contributed by atoms with Gasteiger partial charge in [0.1, 0.15) is 0 Å². The van der Waals surface area contributed by atoms with Gasteiger partial charge in [0.05, 0.1) is 0 Å². The Morgan fingerprint density at radius 2 is 1.00 bits per heavy atom. The second kappa shape index (κ2) is 3.30. The SMILES string of the molecule is O=c1[nH]c(O)c2ccc3c(=O)[nH]c(O)c4ccc1c2c43. The average Bonchev–Trinajstić information content (AvgIpc) is 2.42. The Kier molecular flexibility index (Phi) is 1.79. The minimum Gasteiger partial charge on any atom is -0.494 e. The molecule has 4 aromatic rings. The van der Waals surface area contributed by atoms with Gasteiger partial charge in [-0.15, -0.1) is 0 Å². The zero-order valence-corrected chi connectivity index (χ0v) is 10.0. The topological polar surface area (TPSA) is 106 Å². The number of benzene rings is 2. The number of rotatable bonds is 0. The van der Waals surface area contributed by atoms with E-state index >= 15 is 0 Å². The van der Waals surface area contributed by atoms with Gasteiger partial charge >= 0.3 is 0 Å². The summed E-state index contributed by atoms with van der Waals surface area (Å²) in [5, 5.41) is 22.3. The van der Waals surface area contributed by atoms with Crippen LogP contribution in [-0.2, 0) is 0 Å². The van der Waals surface area contributed by atoms with E-state index in [2.05, 4.69) is 9.97 Å². The quantitative estimate of drug-likeness (QED) is 0.361. The monoisotopic (exact) mass is 268 g/mol. The first-order valence-electron chi connectivity index (χ1n) is 5.93. The largest absolute Gasteiger partial charge is 0.494 e. The molecule has 98 valence electrons. The van der Waals surface area contributed by atoms with Crippen LogP contribution in [0.4, 0.5) is 0 Å². The molecule has 0 aliphatic carbocycles. The van der Waals surface area contributed by atoms with Crippen LogP contribution in [0, 0.1) is 0 Å². The molecule has 0 spiro atoms. The zero-order chi connectivity index (χ0) is 14.0. The predicted molar refractivity (Wildman–Crippen MR) is 74.7 cm³/mol. The maximum atomic E-state index is 11.9. The first-order valence-corrected chi connectivity index (χ1v) is 5.93. The van der Waals surface area contributed by atoms with Crippen molar-refractivity contribution in [2.75, 3.05) is 0 Å². The summed E-state index contributed by atoms with van der Waals surface area (Å²) < 4.78 is 0. The van der Waals surface area contributed by atoms with E-state index in [1.54, 1.807) is 24.3 Å². The first kappa shape index (κ1) is 10.9. The fraction of sp³-hybridized carbons (Fsp3) is 0. The third-order valence-electron chi connectivity index (χ3n) is 3.62. The molecular formula is C14H8N2O4. The Hall–Kier alpha value is -3.02. The van der Waals surface area contributed by atoms with Gasteiger partial charge in [-0.3, -0.25) is 19.6 Å². The van der Waals surface area contributed by atoms with Crippen LogP contribution in [0.2, 0.25) is 0 Å². The Labute approximate surface area is 110 Å². The van der Waals surface area contributed by atoms with E-state index in [4.69, 9.17) is 0 Å². The molecule has 20 heavy (non-hydrogen) atoms. The number of aromatic amines is 2. The highest BCUT2D eigenvalue weighted by Gasteiger charge is 2.16. The number of aromatic nitrogens is 2. The highest BCUT2D eigenvalue weighted by atomic mass is 16.3. The van der Waals surface area contributed by atoms with Crippen molar-refractivity contribution in [3.8, 4) is 11.8 Å². The molecule has 4 N–H and O–H groups in total. The normalized spacial score (nSPS) is 11.8. The van der Waals surface area contributed by atoms with Gasteiger partial charge in [0.15, 0.2) is 11.8 Å². The summed E-state index contributed by atoms with van der Waals surface area (Å²) in [4.78, 5) is 28.5. The maximum Gasteiger partial charge on any atom is 0.258 e. The van der Waals surface area contributed by atoms with Crippen molar-refractivity contribution in [3.63, 3.8) is 0 Å². The summed E-state index contributed by atoms with van der Waals surface area (Å²) in [6.07, 6.45) is 0. The first-order chi connectivity index (χ1) is 9.58. The summed E-state index contributed by atoms with van der Waals surface area (Å²) in [6.45, 7) is 0. The van der Waals surface area contributed by atoms with Crippen molar-refractivity contribution in [1.29, 1.82) is 0 Å². The lowest BCUT2D eigenvalue weighted by Crippen LogP contribution is -2.10. The fourth-order valence-corrected chi connectivity index (χ4v) is 2.75. The van der Waals surface area contributed by atoms with Crippen LogP contribution in [0.5, 0.6) is 11.8 Å². The molecule has 0 saturated carbocycles. The molecular weight excluding hydrogens is 260 g/mol. The van der Waals surface area contributed by atoms with Crippen molar-refractivity contribution in [2.24, 2.45) is 0 Å². The van der Waals surface area contributed by atoms with Gasteiger partial charge in [-0.25, -0.2) is 0 Å². The van der Waals surface area contributed by atoms with E-state index in [1.807, 2.05) is 0 Å². The number of hydrogen-bond donors (Lipinski definition) is 4. The smallest absolute Gasteiger partial charge is 0.258 e. The maximum absolute atomic E-state index is 11.9. The van der Waals surface area contributed by atoms with Gasteiger partial charge in [0.2, 0.25) is 0 Å². The van der Waals surface area contributed by atoms with Crippen molar-refractivity contribution < 1.29 is 10.2 Å². The summed E-state index contributed by atoms with van der Waals surface area (Å²) in [7, 11) is 0. The molecule has 0 saturated heterocycles. The zero-order valence-electron chi connectivity index (χ0n) is 10.0. The van der Waals surface area contributed by atoms with Crippen LogP contribution >= 0.6 is 0 Å². The van der Waals surface area contributed by atoms with Crippen molar-refractivity contribution in [1.82, 2.24) is 9.97 Å². The molecule has 0 fully saturated rings. The van der Waals surface area contributed by atoms with Crippen LogP contribution in [0.15, 0.2) is 33.9 Å². The van der Waals surface area contributed by atoms with Crippen molar-refractivity contribution in [3.05, 3.63) is 45.0 Å². The van der Waals surface area contributed by atoms with E-state index in [9.17, 15) is 19.8 Å². The van der Waals surface area contributed by atoms with Gasteiger partial charge in [0, 0.05) is 32.3 Å². The molecule has 0 unspecified atom stereocenters. The lowest BCUT2D eigenvalue weighted by Gasteiger charge is -2.11. The Morgan fingerprint density at radius 1 is 0.650 bits per heavy atom. The van der Waals surface area contributed by atoms with Crippen LogP contribution in [0.3, 0.4) is 0 Å². The van der Waals surface area contributed by atoms with Crippen molar-refractivity contribution in [2.45, 2.75) is 0 Å². The number of hydrogen-bond acceptors (Lipinski definition) is 4. The van der Waals surface area contributed by atoms with E-state index in [1.165, 1.54) is 0 Å². The van der Waals surface area contributed by atoms with E-state index < -0.39 is 11.1 Å². The van der Waals surface area contributed by atoms with Crippen molar-refractivity contribution >= 4 is 32.3 Å². The molecule has 2 heterocycles. The van der Waals surface area contributed by atoms with Crippen LogP contribution in [0.25, 0.3) is 32.3 Å². The third kappa shape index (κ3) is 1.13. The lowest BCUT2D eigenvalue weighted by molar-refractivity contribution is 0.458. The average molecular weight is 268 g/mol. The number of aromatic hydroxyl groups is 2. The lowest BCUT2D eigenvalue weighted by atomic mass is 9.97.